The largest absolute Gasteiger partial charge is 0.762 e. The Morgan fingerprint density at radius 2 is 1.03 bits per heavy atom. The lowest BCUT2D eigenvalue weighted by atomic mass is 9.99. The van der Waals surface area contributed by atoms with Crippen molar-refractivity contribution in [3.05, 3.63) is 106 Å². The van der Waals surface area contributed by atoms with Gasteiger partial charge < -0.3 is 31.5 Å². The van der Waals surface area contributed by atoms with Crippen LogP contribution in [-0.4, -0.2) is 34.0 Å². The summed E-state index contributed by atoms with van der Waals surface area (Å²) in [6, 6.07) is 25.0. The summed E-state index contributed by atoms with van der Waals surface area (Å²) in [6.07, 6.45) is 0. The number of hydroxylamine groups is 4. The van der Waals surface area contributed by atoms with Gasteiger partial charge in [-0.05, 0) is 35.4 Å². The number of anilines is 2. The molecule has 0 amide bonds. The molecule has 0 fully saturated rings. The summed E-state index contributed by atoms with van der Waals surface area (Å²) < 4.78 is 0. The topological polar surface area (TPSA) is 117 Å². The lowest BCUT2D eigenvalue weighted by Gasteiger charge is -2.30. The summed E-state index contributed by atoms with van der Waals surface area (Å²) in [7, 11) is 0. The molecular formula is C22H24N4O4-2. The molecule has 158 valence electrons. The van der Waals surface area contributed by atoms with E-state index in [4.69, 9.17) is 0 Å². The monoisotopic (exact) mass is 408 g/mol. The maximum absolute atomic E-state index is 11.4. The van der Waals surface area contributed by atoms with E-state index in [-0.39, 0.29) is 23.5 Å². The zero-order chi connectivity index (χ0) is 21.3. The molecule has 4 N–H and O–H groups in total. The van der Waals surface area contributed by atoms with Gasteiger partial charge in [0, 0.05) is 24.5 Å². The molecule has 3 aromatic carbocycles. The van der Waals surface area contributed by atoms with E-state index >= 15 is 0 Å². The first-order valence-electron chi connectivity index (χ1n) is 9.51. The lowest BCUT2D eigenvalue weighted by molar-refractivity contribution is -0.0436. The Labute approximate surface area is 175 Å². The van der Waals surface area contributed by atoms with Crippen molar-refractivity contribution in [3.8, 4) is 0 Å². The molecule has 0 heterocycles. The molecule has 3 rings (SSSR count). The van der Waals surface area contributed by atoms with Gasteiger partial charge in [0.05, 0.1) is 12.1 Å². The van der Waals surface area contributed by atoms with Gasteiger partial charge in [-0.25, -0.2) is 0 Å². The van der Waals surface area contributed by atoms with Crippen molar-refractivity contribution < 1.29 is 10.4 Å². The van der Waals surface area contributed by atoms with E-state index in [1.807, 2.05) is 84.9 Å². The lowest BCUT2D eigenvalue weighted by Crippen LogP contribution is -2.27. The highest BCUT2D eigenvalue weighted by Crippen LogP contribution is 2.26. The maximum atomic E-state index is 11.4. The third kappa shape index (κ3) is 6.53. The molecule has 0 aliphatic rings. The average Bonchev–Trinajstić information content (AvgIpc) is 2.74. The van der Waals surface area contributed by atoms with E-state index < -0.39 is 12.1 Å². The molecule has 30 heavy (non-hydrogen) atoms. The molecule has 0 spiro atoms. The Hall–Kier alpha value is -2.98. The second kappa shape index (κ2) is 10.7. The molecule has 0 saturated carbocycles. The fourth-order valence-corrected chi connectivity index (χ4v) is 3.24. The van der Waals surface area contributed by atoms with E-state index in [9.17, 15) is 20.8 Å². The SMILES string of the molecule is [O-]N(O)C[C@@H](Nc1ccccc1)c1cccc([C@@H](CN([O-])O)Nc2ccccc2)c1. The van der Waals surface area contributed by atoms with E-state index in [0.29, 0.717) is 0 Å². The first kappa shape index (κ1) is 21.7. The van der Waals surface area contributed by atoms with Crippen molar-refractivity contribution in [3.63, 3.8) is 0 Å². The number of hydrogen-bond donors (Lipinski definition) is 4. The van der Waals surface area contributed by atoms with Crippen LogP contribution >= 0.6 is 0 Å². The number of benzene rings is 3. The van der Waals surface area contributed by atoms with Gasteiger partial charge in [-0.1, -0.05) is 60.7 Å². The molecule has 8 nitrogen and oxygen atoms in total. The van der Waals surface area contributed by atoms with Gasteiger partial charge in [0.2, 0.25) is 0 Å². The van der Waals surface area contributed by atoms with Gasteiger partial charge in [-0.2, -0.15) is 0 Å². The summed E-state index contributed by atoms with van der Waals surface area (Å²) in [5.74, 6) is 0. The summed E-state index contributed by atoms with van der Waals surface area (Å²) >= 11 is 0. The standard InChI is InChI=1S/C22H24N4O4/c27-25(28)15-21(23-19-10-3-1-4-11-19)17-8-7-9-18(14-17)22(16-26(29)30)24-20-12-5-2-6-13-20/h1-14,21-24,27,29H,15-16H2/q-2/t21-,22-/m1/s1. The molecule has 0 unspecified atom stereocenters. The molecule has 0 saturated heterocycles. The smallest absolute Gasteiger partial charge is 0.0653 e. The molecule has 3 aromatic rings. The molecule has 2 atom stereocenters. The van der Waals surface area contributed by atoms with Crippen LogP contribution in [0, 0.1) is 10.4 Å². The van der Waals surface area contributed by atoms with Gasteiger partial charge in [0.15, 0.2) is 0 Å². The Morgan fingerprint density at radius 1 is 0.633 bits per heavy atom. The average molecular weight is 408 g/mol. The Kier molecular flexibility index (Phi) is 7.75. The zero-order valence-corrected chi connectivity index (χ0v) is 16.3. The van der Waals surface area contributed by atoms with Crippen molar-refractivity contribution in [2.75, 3.05) is 23.7 Å². The predicted molar refractivity (Wildman–Crippen MR) is 116 cm³/mol. The van der Waals surface area contributed by atoms with Gasteiger partial charge in [0.1, 0.15) is 0 Å². The molecule has 0 aromatic heterocycles. The summed E-state index contributed by atoms with van der Waals surface area (Å²) in [5.41, 5.74) is 3.10. The predicted octanol–water partition coefficient (Wildman–Crippen LogP) is 4.37. The van der Waals surface area contributed by atoms with Crippen LogP contribution in [0.25, 0.3) is 0 Å². The van der Waals surface area contributed by atoms with Crippen LogP contribution in [-0.2, 0) is 0 Å². The normalized spacial score (nSPS) is 13.3. The number of nitrogens with zero attached hydrogens (tertiary/aromatic N) is 2. The van der Waals surface area contributed by atoms with Gasteiger partial charge in [0.25, 0.3) is 0 Å². The fraction of sp³-hybridized carbons (Fsp3) is 0.182. The van der Waals surface area contributed by atoms with Crippen molar-refractivity contribution >= 4 is 11.4 Å². The quantitative estimate of drug-likeness (QED) is 0.365. The minimum atomic E-state index is -0.496. The van der Waals surface area contributed by atoms with Crippen molar-refractivity contribution in [1.82, 2.24) is 10.5 Å². The molecule has 8 heteroatoms. The minimum absolute atomic E-state index is 0.111. The van der Waals surface area contributed by atoms with Crippen LogP contribution in [0.5, 0.6) is 0 Å². The maximum Gasteiger partial charge on any atom is 0.0653 e. The number of para-hydroxylation sites is 2. The number of rotatable bonds is 10. The van der Waals surface area contributed by atoms with E-state index in [2.05, 4.69) is 10.6 Å². The van der Waals surface area contributed by atoms with Gasteiger partial charge >= 0.3 is 0 Å². The van der Waals surface area contributed by atoms with Gasteiger partial charge in [-0.3, -0.25) is 10.5 Å². The number of nitrogens with one attached hydrogen (secondary N) is 2. The third-order valence-corrected chi connectivity index (χ3v) is 4.62. The van der Waals surface area contributed by atoms with Crippen LogP contribution in [0.4, 0.5) is 11.4 Å². The zero-order valence-electron chi connectivity index (χ0n) is 16.3. The molecule has 0 aliphatic heterocycles. The minimum Gasteiger partial charge on any atom is -0.762 e. The van der Waals surface area contributed by atoms with Crippen LogP contribution in [0.1, 0.15) is 23.2 Å². The second-order valence-corrected chi connectivity index (χ2v) is 6.87. The molecule has 0 bridgehead atoms. The van der Waals surface area contributed by atoms with E-state index in [0.717, 1.165) is 22.5 Å². The molecule has 0 aliphatic carbocycles. The van der Waals surface area contributed by atoms with Crippen LogP contribution in [0.15, 0.2) is 84.9 Å². The summed E-state index contributed by atoms with van der Waals surface area (Å²) in [5, 5.41) is 47.6. The highest BCUT2D eigenvalue weighted by molar-refractivity contribution is 5.48. The highest BCUT2D eigenvalue weighted by Gasteiger charge is 2.17. The van der Waals surface area contributed by atoms with E-state index in [1.54, 1.807) is 0 Å². The highest BCUT2D eigenvalue weighted by atomic mass is 16.8. The van der Waals surface area contributed by atoms with Crippen LogP contribution in [0.3, 0.4) is 0 Å². The van der Waals surface area contributed by atoms with E-state index in [1.165, 1.54) is 0 Å². The van der Waals surface area contributed by atoms with Crippen molar-refractivity contribution in [1.29, 1.82) is 0 Å². The second-order valence-electron chi connectivity index (χ2n) is 6.87. The summed E-state index contributed by atoms with van der Waals surface area (Å²) in [4.78, 5) is 0. The van der Waals surface area contributed by atoms with Crippen molar-refractivity contribution in [2.45, 2.75) is 12.1 Å². The van der Waals surface area contributed by atoms with Crippen LogP contribution in [0.2, 0.25) is 0 Å². The molecule has 0 radical (unpaired) electrons. The first-order chi connectivity index (χ1) is 14.5. The first-order valence-corrected chi connectivity index (χ1v) is 9.51. The van der Waals surface area contributed by atoms with Crippen LogP contribution < -0.4 is 10.6 Å². The Bertz CT molecular complexity index is 823. The van der Waals surface area contributed by atoms with Crippen molar-refractivity contribution in [2.24, 2.45) is 0 Å². The summed E-state index contributed by atoms with van der Waals surface area (Å²) in [6.45, 7) is -0.383. The Morgan fingerprint density at radius 3 is 1.40 bits per heavy atom. The Balaban J connectivity index is 1.87. The van der Waals surface area contributed by atoms with Gasteiger partial charge in [-0.15, -0.1) is 0 Å². The number of hydrogen-bond acceptors (Lipinski definition) is 8. The fourth-order valence-electron chi connectivity index (χ4n) is 3.24. The third-order valence-electron chi connectivity index (χ3n) is 4.62. The molecular weight excluding hydrogens is 384 g/mol.